The van der Waals surface area contributed by atoms with Gasteiger partial charge in [-0.3, -0.25) is 9.48 Å². The van der Waals surface area contributed by atoms with Crippen LogP contribution in [0.2, 0.25) is 10.0 Å². The van der Waals surface area contributed by atoms with E-state index in [1.54, 1.807) is 0 Å². The van der Waals surface area contributed by atoms with Gasteiger partial charge >= 0.3 is 0 Å². The van der Waals surface area contributed by atoms with E-state index in [0.29, 0.717) is 25.9 Å². The summed E-state index contributed by atoms with van der Waals surface area (Å²) in [5.41, 5.74) is -0.875. The summed E-state index contributed by atoms with van der Waals surface area (Å²) in [6, 6.07) is 2.46. The summed E-state index contributed by atoms with van der Waals surface area (Å²) in [7, 11) is -3.97. The first-order valence-corrected chi connectivity index (χ1v) is 12.8. The van der Waals surface area contributed by atoms with Crippen molar-refractivity contribution in [3.05, 3.63) is 75.0 Å². The molecule has 1 saturated heterocycles. The summed E-state index contributed by atoms with van der Waals surface area (Å²) >= 11 is 12.3. The van der Waals surface area contributed by atoms with Gasteiger partial charge in [0.1, 0.15) is 10.7 Å². The lowest BCUT2D eigenvalue weighted by Crippen LogP contribution is -2.35. The molecule has 0 bridgehead atoms. The quantitative estimate of drug-likeness (QED) is 0.253. The van der Waals surface area contributed by atoms with Crippen molar-refractivity contribution in [2.24, 2.45) is 0 Å². The molecular formula is C22H18Cl2F4N4O3S. The number of sulfonamides is 1. The maximum atomic E-state index is 13.9. The van der Waals surface area contributed by atoms with Crippen LogP contribution in [-0.4, -0.2) is 41.5 Å². The maximum Gasteiger partial charge on any atom is 0.257 e. The van der Waals surface area contributed by atoms with Crippen molar-refractivity contribution in [1.82, 2.24) is 14.1 Å². The van der Waals surface area contributed by atoms with Gasteiger partial charge in [-0.15, -0.1) is 0 Å². The third-order valence-corrected chi connectivity index (χ3v) is 8.30. The van der Waals surface area contributed by atoms with Gasteiger partial charge in [0.2, 0.25) is 10.0 Å². The standard InChI is InChI=1S/C22H18Cl2F4N4O3S/c23-15-7-16(24)19(36(34,35)32-4-2-1-3-5-32)6-13(15)22(33)30-12-9-29-31(10-12)11-14-17(25)8-18(26)21(28)20(14)27/h6-10H,1-5,11H2,(H,30,33). The van der Waals surface area contributed by atoms with Gasteiger partial charge in [-0.1, -0.05) is 29.6 Å². The second kappa shape index (κ2) is 10.4. The largest absolute Gasteiger partial charge is 0.319 e. The lowest BCUT2D eigenvalue weighted by Gasteiger charge is -2.26. The fraction of sp³-hybridized carbons (Fsp3) is 0.273. The molecule has 0 aliphatic carbocycles. The van der Waals surface area contributed by atoms with Crippen molar-refractivity contribution in [2.45, 2.75) is 30.7 Å². The molecule has 1 aromatic heterocycles. The summed E-state index contributed by atoms with van der Waals surface area (Å²) in [5.74, 6) is -7.27. The van der Waals surface area contributed by atoms with Gasteiger partial charge in [0, 0.05) is 30.9 Å². The summed E-state index contributed by atoms with van der Waals surface area (Å²) in [6.07, 6.45) is 4.66. The highest BCUT2D eigenvalue weighted by Gasteiger charge is 2.30. The predicted octanol–water partition coefficient (Wildman–Crippen LogP) is 5.22. The molecule has 7 nitrogen and oxygen atoms in total. The average Bonchev–Trinajstić information content (AvgIpc) is 3.27. The van der Waals surface area contributed by atoms with Gasteiger partial charge in [-0.05, 0) is 25.0 Å². The van der Waals surface area contributed by atoms with E-state index in [2.05, 4.69) is 10.4 Å². The summed E-state index contributed by atoms with van der Waals surface area (Å²) in [4.78, 5) is 12.6. The zero-order valence-corrected chi connectivity index (χ0v) is 20.7. The van der Waals surface area contributed by atoms with E-state index in [0.717, 1.165) is 29.4 Å². The Bertz CT molecular complexity index is 1440. The molecule has 1 aliphatic heterocycles. The van der Waals surface area contributed by atoms with E-state index in [4.69, 9.17) is 23.2 Å². The molecule has 1 N–H and O–H groups in total. The SMILES string of the molecule is O=C(Nc1cnn(Cc2c(F)cc(F)c(F)c2F)c1)c1cc(S(=O)(=O)N2CCCCC2)c(Cl)cc1Cl. The number of carbonyl (C=O) groups excluding carboxylic acids is 1. The van der Waals surface area contributed by atoms with Crippen LogP contribution >= 0.6 is 23.2 Å². The Morgan fingerprint density at radius 2 is 1.67 bits per heavy atom. The molecule has 2 aromatic carbocycles. The Labute approximate surface area is 213 Å². The number of nitrogens with zero attached hydrogens (tertiary/aromatic N) is 3. The van der Waals surface area contributed by atoms with E-state index < -0.39 is 51.3 Å². The van der Waals surface area contributed by atoms with Gasteiger partial charge in [0.15, 0.2) is 17.5 Å². The zero-order chi connectivity index (χ0) is 26.2. The minimum absolute atomic E-state index is 0.0647. The molecule has 0 spiro atoms. The smallest absolute Gasteiger partial charge is 0.257 e. The number of hydrogen-bond donors (Lipinski definition) is 1. The lowest BCUT2D eigenvalue weighted by molar-refractivity contribution is 0.102. The Kier molecular flexibility index (Phi) is 7.60. The van der Waals surface area contributed by atoms with Crippen LogP contribution in [0.4, 0.5) is 23.2 Å². The molecule has 0 unspecified atom stereocenters. The van der Waals surface area contributed by atoms with Crippen molar-refractivity contribution >= 4 is 44.8 Å². The molecule has 0 saturated carbocycles. The summed E-state index contributed by atoms with van der Waals surface area (Å²) in [6.45, 7) is 0.0763. The first-order valence-electron chi connectivity index (χ1n) is 10.6. The number of rotatable bonds is 6. The fourth-order valence-corrected chi connectivity index (χ4v) is 6.12. The Balaban J connectivity index is 1.56. The van der Waals surface area contributed by atoms with Gasteiger partial charge < -0.3 is 5.32 Å². The second-order valence-electron chi connectivity index (χ2n) is 8.05. The van der Waals surface area contributed by atoms with E-state index in [1.807, 2.05) is 0 Å². The number of benzene rings is 2. The fourth-order valence-electron chi connectivity index (χ4n) is 3.77. The van der Waals surface area contributed by atoms with E-state index in [1.165, 1.54) is 10.5 Å². The third-order valence-electron chi connectivity index (χ3n) is 5.62. The molecule has 1 aliphatic rings. The molecular weight excluding hydrogens is 547 g/mol. The maximum absolute atomic E-state index is 13.9. The minimum atomic E-state index is -3.97. The molecule has 14 heteroatoms. The predicted molar refractivity (Wildman–Crippen MR) is 125 cm³/mol. The molecule has 0 radical (unpaired) electrons. The van der Waals surface area contributed by atoms with Crippen LogP contribution in [0.25, 0.3) is 0 Å². The first kappa shape index (κ1) is 26.4. The first-order chi connectivity index (χ1) is 17.0. The van der Waals surface area contributed by atoms with E-state index in [9.17, 15) is 30.8 Å². The molecule has 192 valence electrons. The van der Waals surface area contributed by atoms with Gasteiger partial charge in [-0.2, -0.15) is 9.40 Å². The molecule has 0 atom stereocenters. The molecule has 36 heavy (non-hydrogen) atoms. The highest BCUT2D eigenvalue weighted by molar-refractivity contribution is 7.89. The molecule has 1 amide bonds. The van der Waals surface area contributed by atoms with Crippen LogP contribution in [0.15, 0.2) is 35.5 Å². The van der Waals surface area contributed by atoms with Gasteiger partial charge in [-0.25, -0.2) is 26.0 Å². The van der Waals surface area contributed by atoms with Crippen LogP contribution in [-0.2, 0) is 16.6 Å². The van der Waals surface area contributed by atoms with Crippen LogP contribution < -0.4 is 5.32 Å². The second-order valence-corrected chi connectivity index (χ2v) is 10.8. The number of carbonyl (C=O) groups is 1. The topological polar surface area (TPSA) is 84.3 Å². The minimum Gasteiger partial charge on any atom is -0.319 e. The number of anilines is 1. The average molecular weight is 565 g/mol. The number of nitrogens with one attached hydrogen (secondary N) is 1. The van der Waals surface area contributed by atoms with Crippen LogP contribution in [0, 0.1) is 23.3 Å². The summed E-state index contributed by atoms with van der Waals surface area (Å²) in [5, 5.41) is 6.06. The number of hydrogen-bond acceptors (Lipinski definition) is 4. The zero-order valence-electron chi connectivity index (χ0n) is 18.4. The third kappa shape index (κ3) is 5.22. The normalized spacial score (nSPS) is 14.7. The highest BCUT2D eigenvalue weighted by atomic mass is 35.5. The van der Waals surface area contributed by atoms with E-state index >= 15 is 0 Å². The van der Waals surface area contributed by atoms with E-state index in [-0.39, 0.29) is 32.3 Å². The number of amides is 1. The van der Waals surface area contributed by atoms with Crippen LogP contribution in [0.3, 0.4) is 0 Å². The molecule has 3 aromatic rings. The van der Waals surface area contributed by atoms with Crippen molar-refractivity contribution in [1.29, 1.82) is 0 Å². The molecule has 2 heterocycles. The summed E-state index contributed by atoms with van der Waals surface area (Å²) < 4.78 is 82.9. The number of aromatic nitrogens is 2. The lowest BCUT2D eigenvalue weighted by atomic mass is 10.2. The Morgan fingerprint density at radius 3 is 2.36 bits per heavy atom. The van der Waals surface area contributed by atoms with Crippen molar-refractivity contribution in [3.63, 3.8) is 0 Å². The molecule has 1 fully saturated rings. The van der Waals surface area contributed by atoms with Crippen LogP contribution in [0.5, 0.6) is 0 Å². The Morgan fingerprint density at radius 1 is 0.972 bits per heavy atom. The van der Waals surface area contributed by atoms with Gasteiger partial charge in [0.05, 0.1) is 34.0 Å². The van der Waals surface area contributed by atoms with Crippen molar-refractivity contribution in [3.8, 4) is 0 Å². The number of piperidine rings is 1. The highest BCUT2D eigenvalue weighted by Crippen LogP contribution is 2.32. The van der Waals surface area contributed by atoms with Crippen molar-refractivity contribution in [2.75, 3.05) is 18.4 Å². The van der Waals surface area contributed by atoms with Gasteiger partial charge in [0.25, 0.3) is 5.91 Å². The number of halogens is 6. The molecule has 4 rings (SSSR count). The Hall–Kier alpha value is -2.67. The van der Waals surface area contributed by atoms with Crippen LogP contribution in [0.1, 0.15) is 35.2 Å². The monoisotopic (exact) mass is 564 g/mol. The van der Waals surface area contributed by atoms with Crippen molar-refractivity contribution < 1.29 is 30.8 Å².